The maximum atomic E-state index is 13.3. The van der Waals surface area contributed by atoms with Gasteiger partial charge in [-0.15, -0.1) is 0 Å². The first-order chi connectivity index (χ1) is 13.1. The molecule has 1 fully saturated rings. The number of aromatic nitrogens is 1. The number of Topliss-reactive ketones (excluding diaryl/α,β-unsaturated/α-hetero) is 1. The first-order valence-electron chi connectivity index (χ1n) is 9.43. The summed E-state index contributed by atoms with van der Waals surface area (Å²) in [5, 5.41) is 0.567. The third-order valence-corrected chi connectivity index (χ3v) is 5.63. The Kier molecular flexibility index (Phi) is 4.87. The Bertz CT molecular complexity index is 957. The van der Waals surface area contributed by atoms with Crippen LogP contribution in [0.5, 0.6) is 0 Å². The van der Waals surface area contributed by atoms with E-state index in [2.05, 4.69) is 0 Å². The third-order valence-electron chi connectivity index (χ3n) is 5.38. The van der Waals surface area contributed by atoms with Gasteiger partial charge in [-0.1, -0.05) is 11.6 Å². The van der Waals surface area contributed by atoms with Crippen molar-refractivity contribution in [2.45, 2.75) is 38.5 Å². The molecule has 1 amide bonds. The zero-order valence-electron chi connectivity index (χ0n) is 15.0. The van der Waals surface area contributed by atoms with E-state index in [9.17, 15) is 14.4 Å². The van der Waals surface area contributed by atoms with Crippen molar-refractivity contribution in [1.82, 2.24) is 9.47 Å². The number of likely N-dealkylation sites (tertiary alicyclic amines) is 1. The van der Waals surface area contributed by atoms with E-state index in [4.69, 9.17) is 11.6 Å². The molecule has 0 radical (unpaired) electrons. The Labute approximate surface area is 162 Å². The van der Waals surface area contributed by atoms with Crippen LogP contribution in [0.4, 0.5) is 0 Å². The minimum absolute atomic E-state index is 0.00772. The summed E-state index contributed by atoms with van der Waals surface area (Å²) in [6.45, 7) is 1.31. The van der Waals surface area contributed by atoms with Crippen LogP contribution < -0.4 is 5.56 Å². The number of ketones is 1. The van der Waals surface area contributed by atoms with Crippen molar-refractivity contribution in [2.24, 2.45) is 0 Å². The first kappa shape index (κ1) is 18.0. The molecule has 2 heterocycles. The molecule has 2 aliphatic rings. The number of amides is 1. The fraction of sp³-hybridized carbons (Fsp3) is 0.381. The number of pyridine rings is 1. The smallest absolute Gasteiger partial charge is 0.268 e. The monoisotopic (exact) mass is 384 g/mol. The van der Waals surface area contributed by atoms with Crippen LogP contribution in [-0.2, 0) is 6.42 Å². The molecule has 6 heteroatoms. The number of benzene rings is 1. The lowest BCUT2D eigenvalue weighted by molar-refractivity contribution is 0.0722. The second-order valence-electron chi connectivity index (χ2n) is 7.16. The molecule has 4 rings (SSSR count). The summed E-state index contributed by atoms with van der Waals surface area (Å²) in [4.78, 5) is 40.6. The van der Waals surface area contributed by atoms with E-state index in [0.717, 1.165) is 19.3 Å². The van der Waals surface area contributed by atoms with Gasteiger partial charge in [-0.2, -0.15) is 0 Å². The minimum Gasteiger partial charge on any atom is -0.338 e. The second kappa shape index (κ2) is 7.31. The van der Waals surface area contributed by atoms with Gasteiger partial charge in [0.15, 0.2) is 5.78 Å². The fourth-order valence-electron chi connectivity index (χ4n) is 3.98. The lowest BCUT2D eigenvalue weighted by Gasteiger charge is -2.28. The van der Waals surface area contributed by atoms with Crippen molar-refractivity contribution in [3.8, 4) is 5.69 Å². The topological polar surface area (TPSA) is 59.4 Å². The van der Waals surface area contributed by atoms with E-state index in [1.165, 1.54) is 10.6 Å². The largest absolute Gasteiger partial charge is 0.338 e. The molecule has 140 valence electrons. The Morgan fingerprint density at radius 1 is 0.926 bits per heavy atom. The lowest BCUT2D eigenvalue weighted by atomic mass is 9.92. The molecule has 0 N–H and O–H groups in total. The van der Waals surface area contributed by atoms with Crippen LogP contribution in [0.2, 0.25) is 5.02 Å². The summed E-state index contributed by atoms with van der Waals surface area (Å²) in [5.41, 5.74) is 1.54. The van der Waals surface area contributed by atoms with Crippen LogP contribution in [0, 0.1) is 0 Å². The van der Waals surface area contributed by atoms with Gasteiger partial charge in [0.25, 0.3) is 11.5 Å². The zero-order chi connectivity index (χ0) is 19.0. The van der Waals surface area contributed by atoms with E-state index < -0.39 is 0 Å². The van der Waals surface area contributed by atoms with Crippen molar-refractivity contribution in [2.75, 3.05) is 13.1 Å². The van der Waals surface area contributed by atoms with Gasteiger partial charge in [-0.3, -0.25) is 19.0 Å². The standard InChI is InChI=1S/C21H21ClN2O3/c22-14-7-9-15(10-8-14)24-18-5-4-6-19(25)16(18)13-17(21(24)27)20(26)23-11-2-1-3-12-23/h7-10,13H,1-6,11-12H2. The fourth-order valence-corrected chi connectivity index (χ4v) is 4.10. The third kappa shape index (κ3) is 3.32. The maximum absolute atomic E-state index is 13.3. The number of nitrogens with zero attached hydrogens (tertiary/aromatic N) is 2. The minimum atomic E-state index is -0.360. The SMILES string of the molecule is O=C1CCCc2c1cc(C(=O)N1CCCCC1)c(=O)n2-c1ccc(Cl)cc1. The molecule has 1 saturated heterocycles. The number of fused-ring (bicyclic) bond motifs is 1. The molecule has 1 aliphatic carbocycles. The van der Waals surface area contributed by atoms with Gasteiger partial charge in [0.05, 0.1) is 0 Å². The van der Waals surface area contributed by atoms with Crippen LogP contribution in [0.1, 0.15) is 58.5 Å². The summed E-state index contributed by atoms with van der Waals surface area (Å²) in [6.07, 6.45) is 4.78. The molecule has 2 aromatic rings. The average molecular weight is 385 g/mol. The molecule has 0 unspecified atom stereocenters. The molecule has 1 aromatic heterocycles. The van der Waals surface area contributed by atoms with Crippen LogP contribution in [0.3, 0.4) is 0 Å². The molecule has 0 bridgehead atoms. The molecular formula is C21H21ClN2O3. The molecule has 0 saturated carbocycles. The average Bonchev–Trinajstić information content (AvgIpc) is 2.69. The summed E-state index contributed by atoms with van der Waals surface area (Å²) in [6, 6.07) is 8.44. The summed E-state index contributed by atoms with van der Waals surface area (Å²) in [5.74, 6) is -0.282. The number of halogens is 1. The quantitative estimate of drug-likeness (QED) is 0.794. The van der Waals surface area contributed by atoms with Crippen LogP contribution in [0.25, 0.3) is 5.69 Å². The van der Waals surface area contributed by atoms with Crippen molar-refractivity contribution in [3.05, 3.63) is 62.5 Å². The van der Waals surface area contributed by atoms with Crippen molar-refractivity contribution < 1.29 is 9.59 Å². The van der Waals surface area contributed by atoms with Gasteiger partial charge in [0.2, 0.25) is 0 Å². The van der Waals surface area contributed by atoms with E-state index >= 15 is 0 Å². The predicted octanol–water partition coefficient (Wildman–Crippen LogP) is 3.64. The zero-order valence-corrected chi connectivity index (χ0v) is 15.8. The number of rotatable bonds is 2. The molecule has 1 aliphatic heterocycles. The normalized spacial score (nSPS) is 16.9. The van der Waals surface area contributed by atoms with E-state index in [1.54, 1.807) is 29.2 Å². The van der Waals surface area contributed by atoms with E-state index in [1.807, 2.05) is 0 Å². The Morgan fingerprint density at radius 3 is 2.33 bits per heavy atom. The Hall–Kier alpha value is -2.40. The van der Waals surface area contributed by atoms with Crippen molar-refractivity contribution >= 4 is 23.3 Å². The number of hydrogen-bond acceptors (Lipinski definition) is 3. The van der Waals surface area contributed by atoms with Gasteiger partial charge >= 0.3 is 0 Å². The highest BCUT2D eigenvalue weighted by atomic mass is 35.5. The number of piperidine rings is 1. The highest BCUT2D eigenvalue weighted by Gasteiger charge is 2.28. The molecular weight excluding hydrogens is 364 g/mol. The molecule has 5 nitrogen and oxygen atoms in total. The van der Waals surface area contributed by atoms with Crippen LogP contribution in [-0.4, -0.2) is 34.2 Å². The molecule has 0 atom stereocenters. The number of carbonyl (C=O) groups is 2. The van der Waals surface area contributed by atoms with Crippen LogP contribution >= 0.6 is 11.6 Å². The molecule has 1 aromatic carbocycles. The summed E-state index contributed by atoms with van der Waals surface area (Å²) in [7, 11) is 0. The van der Waals surface area contributed by atoms with Gasteiger partial charge in [-0.25, -0.2) is 0 Å². The van der Waals surface area contributed by atoms with E-state index in [0.29, 0.717) is 54.3 Å². The second-order valence-corrected chi connectivity index (χ2v) is 7.60. The van der Waals surface area contributed by atoms with Gasteiger partial charge in [-0.05, 0) is 62.4 Å². The summed E-state index contributed by atoms with van der Waals surface area (Å²) < 4.78 is 1.53. The maximum Gasteiger partial charge on any atom is 0.268 e. The van der Waals surface area contributed by atoms with Gasteiger partial charge < -0.3 is 4.90 Å². The Morgan fingerprint density at radius 2 is 1.63 bits per heavy atom. The molecule has 0 spiro atoms. The van der Waals surface area contributed by atoms with Gasteiger partial charge in [0, 0.05) is 41.5 Å². The predicted molar refractivity (Wildman–Crippen MR) is 104 cm³/mol. The Balaban J connectivity index is 1.90. The van der Waals surface area contributed by atoms with Crippen LogP contribution in [0.15, 0.2) is 35.1 Å². The lowest BCUT2D eigenvalue weighted by Crippen LogP contribution is -2.40. The summed E-state index contributed by atoms with van der Waals surface area (Å²) >= 11 is 5.99. The van der Waals surface area contributed by atoms with E-state index in [-0.39, 0.29) is 22.8 Å². The van der Waals surface area contributed by atoms with Crippen molar-refractivity contribution in [3.63, 3.8) is 0 Å². The highest BCUT2D eigenvalue weighted by molar-refractivity contribution is 6.30. The highest BCUT2D eigenvalue weighted by Crippen LogP contribution is 2.25. The number of carbonyl (C=O) groups excluding carboxylic acids is 2. The van der Waals surface area contributed by atoms with Gasteiger partial charge in [0.1, 0.15) is 5.56 Å². The number of hydrogen-bond donors (Lipinski definition) is 0. The molecule has 27 heavy (non-hydrogen) atoms. The van der Waals surface area contributed by atoms with Crippen molar-refractivity contribution in [1.29, 1.82) is 0 Å². The first-order valence-corrected chi connectivity index (χ1v) is 9.81.